The van der Waals surface area contributed by atoms with Crippen LogP contribution in [0.5, 0.6) is 0 Å². The molecule has 2 heterocycles. The zero-order valence-electron chi connectivity index (χ0n) is 9.57. The Labute approximate surface area is 104 Å². The lowest BCUT2D eigenvalue weighted by Crippen LogP contribution is -2.28. The van der Waals surface area contributed by atoms with Gasteiger partial charge in [0.2, 0.25) is 0 Å². The SMILES string of the molecule is CC(NC(=O)c1cc(Cl)cn1C)c1ncc[nH]1. The molecule has 2 rings (SSSR count). The van der Waals surface area contributed by atoms with E-state index in [9.17, 15) is 4.79 Å². The Bertz CT molecular complexity index is 518. The van der Waals surface area contributed by atoms with Crippen LogP contribution in [0.25, 0.3) is 0 Å². The van der Waals surface area contributed by atoms with Crippen molar-refractivity contribution in [3.63, 3.8) is 0 Å². The van der Waals surface area contributed by atoms with Crippen LogP contribution >= 0.6 is 11.6 Å². The van der Waals surface area contributed by atoms with E-state index in [0.29, 0.717) is 10.7 Å². The van der Waals surface area contributed by atoms with Crippen LogP contribution in [0.2, 0.25) is 5.02 Å². The lowest BCUT2D eigenvalue weighted by Gasteiger charge is -2.11. The quantitative estimate of drug-likeness (QED) is 0.876. The molecule has 0 aliphatic carbocycles. The molecule has 0 saturated heterocycles. The van der Waals surface area contributed by atoms with E-state index < -0.39 is 0 Å². The van der Waals surface area contributed by atoms with Gasteiger partial charge in [-0.1, -0.05) is 11.6 Å². The molecule has 5 nitrogen and oxygen atoms in total. The topological polar surface area (TPSA) is 62.7 Å². The summed E-state index contributed by atoms with van der Waals surface area (Å²) in [5, 5.41) is 3.39. The molecule has 2 aromatic rings. The third kappa shape index (κ3) is 2.50. The molecule has 0 bridgehead atoms. The first-order valence-electron chi connectivity index (χ1n) is 5.20. The third-order valence-electron chi connectivity index (χ3n) is 2.48. The number of aromatic nitrogens is 3. The minimum atomic E-state index is -0.177. The Kier molecular flexibility index (Phi) is 3.19. The summed E-state index contributed by atoms with van der Waals surface area (Å²) in [6, 6.07) is 1.46. The molecule has 6 heteroatoms. The van der Waals surface area contributed by atoms with Crippen LogP contribution in [0.4, 0.5) is 0 Å². The summed E-state index contributed by atoms with van der Waals surface area (Å²) in [6.07, 6.45) is 5.06. The predicted molar refractivity (Wildman–Crippen MR) is 64.9 cm³/mol. The molecule has 90 valence electrons. The summed E-state index contributed by atoms with van der Waals surface area (Å²) in [5.74, 6) is 0.543. The third-order valence-corrected chi connectivity index (χ3v) is 2.69. The summed E-state index contributed by atoms with van der Waals surface area (Å²) in [7, 11) is 1.78. The van der Waals surface area contributed by atoms with Crippen molar-refractivity contribution in [2.75, 3.05) is 0 Å². The number of nitrogens with one attached hydrogen (secondary N) is 2. The van der Waals surface area contributed by atoms with E-state index in [4.69, 9.17) is 11.6 Å². The second kappa shape index (κ2) is 4.63. The fourth-order valence-electron chi connectivity index (χ4n) is 1.60. The first-order valence-corrected chi connectivity index (χ1v) is 5.57. The molecule has 1 unspecified atom stereocenters. The molecule has 0 spiro atoms. The van der Waals surface area contributed by atoms with Gasteiger partial charge in [0.05, 0.1) is 11.1 Å². The number of carbonyl (C=O) groups is 1. The predicted octanol–water partition coefficient (Wildman–Crippen LogP) is 1.89. The molecule has 0 aliphatic heterocycles. The Hall–Kier alpha value is -1.75. The fourth-order valence-corrected chi connectivity index (χ4v) is 1.85. The maximum absolute atomic E-state index is 12.0. The number of aromatic amines is 1. The number of halogens is 1. The zero-order chi connectivity index (χ0) is 12.4. The highest BCUT2D eigenvalue weighted by molar-refractivity contribution is 6.31. The molecular formula is C11H13ClN4O. The van der Waals surface area contributed by atoms with Crippen molar-refractivity contribution in [3.8, 4) is 0 Å². The molecule has 2 aromatic heterocycles. The van der Waals surface area contributed by atoms with Gasteiger partial charge in [0, 0.05) is 25.6 Å². The van der Waals surface area contributed by atoms with Gasteiger partial charge < -0.3 is 14.9 Å². The van der Waals surface area contributed by atoms with Gasteiger partial charge in [-0.05, 0) is 13.0 Å². The van der Waals surface area contributed by atoms with Gasteiger partial charge in [-0.3, -0.25) is 4.79 Å². The van der Waals surface area contributed by atoms with E-state index in [1.54, 1.807) is 36.3 Å². The molecule has 1 atom stereocenters. The monoisotopic (exact) mass is 252 g/mol. The van der Waals surface area contributed by atoms with Crippen LogP contribution in [-0.2, 0) is 7.05 Å². The minimum absolute atomic E-state index is 0.175. The number of rotatable bonds is 3. The van der Waals surface area contributed by atoms with Crippen molar-refractivity contribution in [1.29, 1.82) is 0 Å². The van der Waals surface area contributed by atoms with E-state index in [2.05, 4.69) is 15.3 Å². The largest absolute Gasteiger partial charge is 0.347 e. The van der Waals surface area contributed by atoms with Gasteiger partial charge >= 0.3 is 0 Å². The second-order valence-electron chi connectivity index (χ2n) is 3.82. The highest BCUT2D eigenvalue weighted by Crippen LogP contribution is 2.14. The summed E-state index contributed by atoms with van der Waals surface area (Å²) in [5.41, 5.74) is 0.522. The molecule has 0 saturated carbocycles. The number of H-pyrrole nitrogens is 1. The van der Waals surface area contributed by atoms with Gasteiger partial charge in [-0.15, -0.1) is 0 Å². The summed E-state index contributed by atoms with van der Waals surface area (Å²) in [4.78, 5) is 19.0. The van der Waals surface area contributed by atoms with Crippen molar-refractivity contribution < 1.29 is 4.79 Å². The van der Waals surface area contributed by atoms with Gasteiger partial charge in [0.15, 0.2) is 0 Å². The molecule has 0 radical (unpaired) electrons. The summed E-state index contributed by atoms with van der Waals surface area (Å²) >= 11 is 5.83. The maximum atomic E-state index is 12.0. The molecule has 17 heavy (non-hydrogen) atoms. The molecule has 0 fully saturated rings. The van der Waals surface area contributed by atoms with E-state index in [1.807, 2.05) is 6.92 Å². The zero-order valence-corrected chi connectivity index (χ0v) is 10.3. The van der Waals surface area contributed by atoms with E-state index in [0.717, 1.165) is 5.82 Å². The van der Waals surface area contributed by atoms with Crippen LogP contribution in [0.3, 0.4) is 0 Å². The molecule has 1 amide bonds. The Morgan fingerprint density at radius 3 is 2.94 bits per heavy atom. The molecule has 0 aromatic carbocycles. The Morgan fingerprint density at radius 2 is 2.41 bits per heavy atom. The number of aryl methyl sites for hydroxylation is 1. The normalized spacial score (nSPS) is 12.4. The van der Waals surface area contributed by atoms with Crippen molar-refractivity contribution in [2.24, 2.45) is 7.05 Å². The van der Waals surface area contributed by atoms with Crippen molar-refractivity contribution in [3.05, 3.63) is 41.2 Å². The fraction of sp³-hybridized carbons (Fsp3) is 0.273. The Balaban J connectivity index is 2.09. The highest BCUT2D eigenvalue weighted by Gasteiger charge is 2.15. The average Bonchev–Trinajstić information content (AvgIpc) is 2.87. The van der Waals surface area contributed by atoms with E-state index in [-0.39, 0.29) is 11.9 Å². The smallest absolute Gasteiger partial charge is 0.268 e. The minimum Gasteiger partial charge on any atom is -0.347 e. The first-order chi connectivity index (χ1) is 8.08. The number of imidazole rings is 1. The number of hydrogen-bond acceptors (Lipinski definition) is 2. The van der Waals surface area contributed by atoms with Gasteiger partial charge in [0.1, 0.15) is 11.5 Å². The van der Waals surface area contributed by atoms with E-state index >= 15 is 0 Å². The van der Waals surface area contributed by atoms with Gasteiger partial charge in [-0.2, -0.15) is 0 Å². The maximum Gasteiger partial charge on any atom is 0.268 e. The van der Waals surface area contributed by atoms with Crippen LogP contribution < -0.4 is 5.32 Å². The second-order valence-corrected chi connectivity index (χ2v) is 4.26. The summed E-state index contributed by atoms with van der Waals surface area (Å²) in [6.45, 7) is 1.86. The number of hydrogen-bond donors (Lipinski definition) is 2. The van der Waals surface area contributed by atoms with Crippen molar-refractivity contribution in [2.45, 2.75) is 13.0 Å². The Morgan fingerprint density at radius 1 is 1.65 bits per heavy atom. The molecule has 0 aliphatic rings. The standard InChI is InChI=1S/C11H13ClN4O/c1-7(10-13-3-4-14-10)15-11(17)9-5-8(12)6-16(9)2/h3-7H,1-2H3,(H,13,14)(H,15,17). The van der Waals surface area contributed by atoms with Crippen LogP contribution in [0.15, 0.2) is 24.7 Å². The lowest BCUT2D eigenvalue weighted by molar-refractivity contribution is 0.0930. The van der Waals surface area contributed by atoms with Crippen LogP contribution in [-0.4, -0.2) is 20.4 Å². The number of nitrogens with zero attached hydrogens (tertiary/aromatic N) is 2. The van der Waals surface area contributed by atoms with Crippen molar-refractivity contribution in [1.82, 2.24) is 19.9 Å². The lowest BCUT2D eigenvalue weighted by atomic mass is 10.3. The summed E-state index contributed by atoms with van der Waals surface area (Å²) < 4.78 is 1.69. The highest BCUT2D eigenvalue weighted by atomic mass is 35.5. The molecular weight excluding hydrogens is 240 g/mol. The number of carbonyl (C=O) groups excluding carboxylic acids is 1. The number of amides is 1. The average molecular weight is 253 g/mol. The van der Waals surface area contributed by atoms with E-state index in [1.165, 1.54) is 0 Å². The van der Waals surface area contributed by atoms with Crippen LogP contribution in [0, 0.1) is 0 Å². The van der Waals surface area contributed by atoms with Crippen molar-refractivity contribution >= 4 is 17.5 Å². The van der Waals surface area contributed by atoms with Crippen LogP contribution in [0.1, 0.15) is 29.3 Å². The van der Waals surface area contributed by atoms with Gasteiger partial charge in [0.25, 0.3) is 5.91 Å². The van der Waals surface area contributed by atoms with Gasteiger partial charge in [-0.25, -0.2) is 4.98 Å². The first kappa shape index (κ1) is 11.7. The molecule has 2 N–H and O–H groups in total.